The number of halogens is 2. The Morgan fingerprint density at radius 3 is 2.41 bits per heavy atom. The number of carbonyl (C=O) groups excluding carboxylic acids is 1. The predicted octanol–water partition coefficient (Wildman–Crippen LogP) is 4.22. The SMILES string of the molecule is COc1ccccc1NC(=O)[C@H]1[C@@H](c2ccccc2)C1(Cl)Cl. The van der Waals surface area contributed by atoms with E-state index in [2.05, 4.69) is 5.32 Å². The van der Waals surface area contributed by atoms with Crippen LogP contribution in [0.5, 0.6) is 5.75 Å². The lowest BCUT2D eigenvalue weighted by Crippen LogP contribution is -2.17. The maximum atomic E-state index is 12.5. The molecule has 0 bridgehead atoms. The Morgan fingerprint density at radius 2 is 1.73 bits per heavy atom. The summed E-state index contributed by atoms with van der Waals surface area (Å²) in [5, 5.41) is 2.85. The molecule has 114 valence electrons. The van der Waals surface area contributed by atoms with E-state index in [4.69, 9.17) is 27.9 Å². The standard InChI is InChI=1S/C17H15Cl2NO2/c1-22-13-10-6-5-9-12(13)20-16(21)15-14(17(15,18)19)11-7-3-2-4-8-11/h2-10,14-15H,1H3,(H,20,21)/t14-,15-/m1/s1. The molecule has 3 rings (SSSR count). The molecule has 2 aromatic rings. The summed E-state index contributed by atoms with van der Waals surface area (Å²) in [6.07, 6.45) is 0. The second-order valence-electron chi connectivity index (χ2n) is 5.23. The Labute approximate surface area is 139 Å². The van der Waals surface area contributed by atoms with E-state index < -0.39 is 10.3 Å². The van der Waals surface area contributed by atoms with Crippen molar-refractivity contribution in [3.8, 4) is 5.75 Å². The number of carbonyl (C=O) groups is 1. The summed E-state index contributed by atoms with van der Waals surface area (Å²) in [6, 6.07) is 16.8. The van der Waals surface area contributed by atoms with Gasteiger partial charge in [-0.2, -0.15) is 0 Å². The van der Waals surface area contributed by atoms with Crippen LogP contribution < -0.4 is 10.1 Å². The van der Waals surface area contributed by atoms with E-state index in [0.717, 1.165) is 5.56 Å². The van der Waals surface area contributed by atoms with E-state index in [1.165, 1.54) is 0 Å². The normalized spacial score (nSPS) is 22.0. The average Bonchev–Trinajstić information content (AvgIpc) is 3.11. The van der Waals surface area contributed by atoms with E-state index >= 15 is 0 Å². The highest BCUT2D eigenvalue weighted by Crippen LogP contribution is 2.65. The number of rotatable bonds is 4. The van der Waals surface area contributed by atoms with Crippen LogP contribution in [0.2, 0.25) is 0 Å². The van der Waals surface area contributed by atoms with Gasteiger partial charge in [-0.25, -0.2) is 0 Å². The van der Waals surface area contributed by atoms with Gasteiger partial charge in [-0.1, -0.05) is 42.5 Å². The molecule has 0 aliphatic heterocycles. The number of amides is 1. The fourth-order valence-electron chi connectivity index (χ4n) is 2.69. The number of benzene rings is 2. The smallest absolute Gasteiger partial charge is 0.231 e. The monoisotopic (exact) mass is 335 g/mol. The predicted molar refractivity (Wildman–Crippen MR) is 88.7 cm³/mol. The van der Waals surface area contributed by atoms with Gasteiger partial charge in [0.05, 0.1) is 18.7 Å². The zero-order valence-corrected chi connectivity index (χ0v) is 13.4. The number of para-hydroxylation sites is 2. The van der Waals surface area contributed by atoms with E-state index in [9.17, 15) is 4.79 Å². The molecule has 2 atom stereocenters. The molecular formula is C17H15Cl2NO2. The quantitative estimate of drug-likeness (QED) is 0.849. The van der Waals surface area contributed by atoms with E-state index in [-0.39, 0.29) is 11.8 Å². The summed E-state index contributed by atoms with van der Waals surface area (Å²) in [7, 11) is 1.56. The molecular weight excluding hydrogens is 321 g/mol. The van der Waals surface area contributed by atoms with Gasteiger partial charge in [-0.15, -0.1) is 23.2 Å². The third-order valence-corrected chi connectivity index (χ3v) is 4.80. The highest BCUT2D eigenvalue weighted by atomic mass is 35.5. The van der Waals surface area contributed by atoms with Gasteiger partial charge in [0.25, 0.3) is 0 Å². The molecule has 1 N–H and O–H groups in total. The molecule has 0 radical (unpaired) electrons. The number of methoxy groups -OCH3 is 1. The molecule has 22 heavy (non-hydrogen) atoms. The number of alkyl halides is 2. The maximum absolute atomic E-state index is 12.5. The fourth-order valence-corrected chi connectivity index (χ4v) is 3.51. The molecule has 5 heteroatoms. The number of ether oxygens (including phenoxy) is 1. The second kappa shape index (κ2) is 5.82. The van der Waals surface area contributed by atoms with Crippen LogP contribution in [0.15, 0.2) is 54.6 Å². The molecule has 1 aliphatic carbocycles. The minimum atomic E-state index is -1.08. The molecule has 0 heterocycles. The van der Waals surface area contributed by atoms with E-state index in [0.29, 0.717) is 11.4 Å². The van der Waals surface area contributed by atoms with Crippen molar-refractivity contribution in [3.05, 3.63) is 60.2 Å². The summed E-state index contributed by atoms with van der Waals surface area (Å²) >= 11 is 12.6. The van der Waals surface area contributed by atoms with E-state index in [1.807, 2.05) is 42.5 Å². The van der Waals surface area contributed by atoms with Crippen molar-refractivity contribution in [3.63, 3.8) is 0 Å². The number of hydrogen-bond acceptors (Lipinski definition) is 2. The Hall–Kier alpha value is -1.71. The van der Waals surface area contributed by atoms with Crippen LogP contribution in [0.3, 0.4) is 0 Å². The zero-order valence-electron chi connectivity index (χ0n) is 11.9. The lowest BCUT2D eigenvalue weighted by Gasteiger charge is -2.09. The topological polar surface area (TPSA) is 38.3 Å². The molecule has 3 nitrogen and oxygen atoms in total. The molecule has 0 spiro atoms. The Morgan fingerprint density at radius 1 is 1.09 bits per heavy atom. The van der Waals surface area contributed by atoms with Gasteiger partial charge in [0.2, 0.25) is 5.91 Å². The van der Waals surface area contributed by atoms with Crippen LogP contribution in [-0.4, -0.2) is 17.4 Å². The van der Waals surface area contributed by atoms with Gasteiger partial charge in [-0.05, 0) is 17.7 Å². The van der Waals surface area contributed by atoms with Crippen molar-refractivity contribution >= 4 is 34.8 Å². The molecule has 0 saturated heterocycles. The fraction of sp³-hybridized carbons (Fsp3) is 0.235. The van der Waals surface area contributed by atoms with Crippen LogP contribution in [0.4, 0.5) is 5.69 Å². The van der Waals surface area contributed by atoms with Gasteiger partial charge in [0.1, 0.15) is 10.1 Å². The summed E-state index contributed by atoms with van der Waals surface area (Å²) in [4.78, 5) is 12.5. The van der Waals surface area contributed by atoms with Crippen molar-refractivity contribution in [2.75, 3.05) is 12.4 Å². The van der Waals surface area contributed by atoms with Crippen LogP contribution in [0.1, 0.15) is 11.5 Å². The number of anilines is 1. The Bertz CT molecular complexity index is 688. The number of hydrogen-bond donors (Lipinski definition) is 1. The summed E-state index contributed by atoms with van der Waals surface area (Å²) in [5.74, 6) is -0.291. The maximum Gasteiger partial charge on any atom is 0.231 e. The average molecular weight is 336 g/mol. The summed E-state index contributed by atoms with van der Waals surface area (Å²) in [5.41, 5.74) is 1.57. The van der Waals surface area contributed by atoms with Crippen LogP contribution in [-0.2, 0) is 4.79 Å². The van der Waals surface area contributed by atoms with Gasteiger partial charge >= 0.3 is 0 Å². The molecule has 1 aliphatic rings. The second-order valence-corrected chi connectivity index (χ2v) is 6.67. The first-order chi connectivity index (χ1) is 10.6. The molecule has 0 unspecified atom stereocenters. The highest BCUT2D eigenvalue weighted by molar-refractivity contribution is 6.53. The van der Waals surface area contributed by atoms with Gasteiger partial charge in [-0.3, -0.25) is 4.79 Å². The molecule has 1 saturated carbocycles. The lowest BCUT2D eigenvalue weighted by molar-refractivity contribution is -0.117. The van der Waals surface area contributed by atoms with Crippen molar-refractivity contribution in [2.24, 2.45) is 5.92 Å². The van der Waals surface area contributed by atoms with Crippen molar-refractivity contribution in [1.82, 2.24) is 0 Å². The highest BCUT2D eigenvalue weighted by Gasteiger charge is 2.67. The lowest BCUT2D eigenvalue weighted by atomic mass is 10.1. The third kappa shape index (κ3) is 2.67. The van der Waals surface area contributed by atoms with Crippen molar-refractivity contribution < 1.29 is 9.53 Å². The summed E-state index contributed by atoms with van der Waals surface area (Å²) in [6.45, 7) is 0. The molecule has 0 aromatic heterocycles. The van der Waals surface area contributed by atoms with E-state index in [1.54, 1.807) is 19.2 Å². The molecule has 2 aromatic carbocycles. The molecule has 1 amide bonds. The van der Waals surface area contributed by atoms with Crippen LogP contribution >= 0.6 is 23.2 Å². The molecule has 1 fully saturated rings. The minimum absolute atomic E-state index is 0.202. The Kier molecular flexibility index (Phi) is 4.02. The van der Waals surface area contributed by atoms with Gasteiger partial charge in [0.15, 0.2) is 0 Å². The minimum Gasteiger partial charge on any atom is -0.495 e. The summed E-state index contributed by atoms with van der Waals surface area (Å²) < 4.78 is 4.15. The largest absolute Gasteiger partial charge is 0.495 e. The first kappa shape index (κ1) is 15.2. The zero-order chi connectivity index (χ0) is 15.7. The van der Waals surface area contributed by atoms with Gasteiger partial charge < -0.3 is 10.1 Å². The number of nitrogens with one attached hydrogen (secondary N) is 1. The van der Waals surface area contributed by atoms with Crippen LogP contribution in [0.25, 0.3) is 0 Å². The first-order valence-electron chi connectivity index (χ1n) is 6.92. The van der Waals surface area contributed by atoms with Crippen molar-refractivity contribution in [2.45, 2.75) is 10.3 Å². The van der Waals surface area contributed by atoms with Crippen LogP contribution in [0, 0.1) is 5.92 Å². The Balaban J connectivity index is 1.79. The first-order valence-corrected chi connectivity index (χ1v) is 7.68. The third-order valence-electron chi connectivity index (χ3n) is 3.86. The van der Waals surface area contributed by atoms with Crippen molar-refractivity contribution in [1.29, 1.82) is 0 Å². The van der Waals surface area contributed by atoms with Gasteiger partial charge in [0, 0.05) is 5.92 Å².